The number of nitrogens with zero attached hydrogens (tertiary/aromatic N) is 1. The Bertz CT molecular complexity index is 622. The predicted octanol–water partition coefficient (Wildman–Crippen LogP) is 1.23. The van der Waals surface area contributed by atoms with Crippen molar-refractivity contribution in [1.82, 2.24) is 4.31 Å². The number of carboxylic acid groups (broad SMARTS) is 1. The lowest BCUT2D eigenvalue weighted by atomic mass is 10.1. The van der Waals surface area contributed by atoms with Crippen LogP contribution in [-0.4, -0.2) is 36.9 Å². The Balaban J connectivity index is 2.23. The van der Waals surface area contributed by atoms with Crippen LogP contribution < -0.4 is 0 Å². The quantitative estimate of drug-likeness (QED) is 0.906. The van der Waals surface area contributed by atoms with Crippen LogP contribution in [0.2, 0.25) is 0 Å². The maximum atomic E-state index is 12.8. The molecule has 0 aliphatic carbocycles. The summed E-state index contributed by atoms with van der Waals surface area (Å²) in [5.74, 6) is -1.54. The lowest BCUT2D eigenvalue weighted by Crippen LogP contribution is -2.35. The van der Waals surface area contributed by atoms with Gasteiger partial charge < -0.3 is 5.11 Å². The maximum absolute atomic E-state index is 12.8. The molecule has 0 saturated carbocycles. The number of benzene rings is 1. The molecule has 0 aromatic heterocycles. The number of aliphatic carboxylic acids is 1. The second-order valence-electron chi connectivity index (χ2n) is 4.10. The van der Waals surface area contributed by atoms with E-state index in [9.17, 15) is 17.6 Å². The van der Waals surface area contributed by atoms with Crippen molar-refractivity contribution >= 4 is 16.0 Å². The second-order valence-corrected chi connectivity index (χ2v) is 6.04. The van der Waals surface area contributed by atoms with Crippen LogP contribution in [0.15, 0.2) is 40.8 Å². The SMILES string of the molecule is O=C(O)C1=CCN(S(=O)(=O)c2ccc(F)cc2)CC1. The number of rotatable bonds is 3. The van der Waals surface area contributed by atoms with Gasteiger partial charge in [0.1, 0.15) is 5.82 Å². The fraction of sp³-hybridized carbons (Fsp3) is 0.250. The molecule has 0 atom stereocenters. The van der Waals surface area contributed by atoms with Gasteiger partial charge in [-0.1, -0.05) is 6.08 Å². The molecule has 1 heterocycles. The summed E-state index contributed by atoms with van der Waals surface area (Å²) >= 11 is 0. The monoisotopic (exact) mass is 285 g/mol. The number of sulfonamides is 1. The van der Waals surface area contributed by atoms with Crippen molar-refractivity contribution in [3.05, 3.63) is 41.7 Å². The minimum absolute atomic E-state index is 0.000995. The van der Waals surface area contributed by atoms with Crippen molar-refractivity contribution in [3.63, 3.8) is 0 Å². The third kappa shape index (κ3) is 2.82. The Kier molecular flexibility index (Phi) is 3.68. The van der Waals surface area contributed by atoms with Gasteiger partial charge in [0.15, 0.2) is 0 Å². The number of carboxylic acids is 1. The zero-order chi connectivity index (χ0) is 14.0. The summed E-state index contributed by atoms with van der Waals surface area (Å²) in [5.41, 5.74) is 0.213. The Hall–Kier alpha value is -1.73. The Labute approximate surface area is 110 Å². The van der Waals surface area contributed by atoms with Crippen molar-refractivity contribution in [2.24, 2.45) is 0 Å². The molecular weight excluding hydrogens is 273 g/mol. The summed E-state index contributed by atoms with van der Waals surface area (Å²) in [7, 11) is -3.70. The molecule has 2 rings (SSSR count). The van der Waals surface area contributed by atoms with Crippen molar-refractivity contribution < 1.29 is 22.7 Å². The van der Waals surface area contributed by atoms with Crippen molar-refractivity contribution in [2.45, 2.75) is 11.3 Å². The van der Waals surface area contributed by atoms with Crippen LogP contribution in [0, 0.1) is 5.82 Å². The van der Waals surface area contributed by atoms with Gasteiger partial charge in [-0.2, -0.15) is 4.31 Å². The van der Waals surface area contributed by atoms with E-state index < -0.39 is 21.8 Å². The first-order valence-electron chi connectivity index (χ1n) is 5.59. The molecule has 0 fully saturated rings. The third-order valence-corrected chi connectivity index (χ3v) is 4.78. The number of carbonyl (C=O) groups is 1. The van der Waals surface area contributed by atoms with Crippen molar-refractivity contribution in [3.8, 4) is 0 Å². The minimum Gasteiger partial charge on any atom is -0.478 e. The van der Waals surface area contributed by atoms with E-state index in [0.29, 0.717) is 0 Å². The molecule has 1 aromatic rings. The largest absolute Gasteiger partial charge is 0.478 e. The Morgan fingerprint density at radius 2 is 1.89 bits per heavy atom. The highest BCUT2D eigenvalue weighted by Crippen LogP contribution is 2.20. The molecule has 1 N–H and O–H groups in total. The summed E-state index contributed by atoms with van der Waals surface area (Å²) in [6.45, 7) is 0.124. The van der Waals surface area contributed by atoms with Gasteiger partial charge in [0.2, 0.25) is 10.0 Å². The van der Waals surface area contributed by atoms with Crippen molar-refractivity contribution in [1.29, 1.82) is 0 Å². The molecule has 7 heteroatoms. The zero-order valence-corrected chi connectivity index (χ0v) is 10.7. The Morgan fingerprint density at radius 3 is 2.37 bits per heavy atom. The first-order valence-corrected chi connectivity index (χ1v) is 7.03. The van der Waals surface area contributed by atoms with Crippen LogP contribution in [0.5, 0.6) is 0 Å². The lowest BCUT2D eigenvalue weighted by molar-refractivity contribution is -0.132. The fourth-order valence-electron chi connectivity index (χ4n) is 1.82. The van der Waals surface area contributed by atoms with E-state index in [2.05, 4.69) is 0 Å². The Morgan fingerprint density at radius 1 is 1.26 bits per heavy atom. The number of hydrogen-bond donors (Lipinski definition) is 1. The van der Waals surface area contributed by atoms with Crippen LogP contribution in [-0.2, 0) is 14.8 Å². The highest BCUT2D eigenvalue weighted by molar-refractivity contribution is 7.89. The molecule has 1 aliphatic heterocycles. The second kappa shape index (κ2) is 5.10. The highest BCUT2D eigenvalue weighted by Gasteiger charge is 2.27. The summed E-state index contributed by atoms with van der Waals surface area (Å²) in [5, 5.41) is 8.80. The molecule has 102 valence electrons. The zero-order valence-electron chi connectivity index (χ0n) is 9.91. The average Bonchev–Trinajstić information content (AvgIpc) is 2.39. The first-order chi connectivity index (χ1) is 8.91. The third-order valence-electron chi connectivity index (χ3n) is 2.90. The average molecular weight is 285 g/mol. The molecule has 1 aliphatic rings. The van der Waals surface area contributed by atoms with Crippen molar-refractivity contribution in [2.75, 3.05) is 13.1 Å². The van der Waals surface area contributed by atoms with Crippen LogP contribution in [0.1, 0.15) is 6.42 Å². The molecule has 0 unspecified atom stereocenters. The number of halogens is 1. The van der Waals surface area contributed by atoms with Crippen LogP contribution >= 0.6 is 0 Å². The first kappa shape index (κ1) is 13.7. The van der Waals surface area contributed by atoms with Gasteiger partial charge in [-0.3, -0.25) is 0 Å². The lowest BCUT2D eigenvalue weighted by Gasteiger charge is -2.24. The minimum atomic E-state index is -3.70. The molecule has 0 saturated heterocycles. The summed E-state index contributed by atoms with van der Waals surface area (Å²) in [6, 6.07) is 4.55. The smallest absolute Gasteiger partial charge is 0.331 e. The van der Waals surface area contributed by atoms with E-state index >= 15 is 0 Å². The maximum Gasteiger partial charge on any atom is 0.331 e. The van der Waals surface area contributed by atoms with E-state index in [1.54, 1.807) is 0 Å². The van der Waals surface area contributed by atoms with Gasteiger partial charge in [0, 0.05) is 18.7 Å². The molecule has 5 nitrogen and oxygen atoms in total. The van der Waals surface area contributed by atoms with E-state index in [0.717, 1.165) is 12.1 Å². The molecule has 0 spiro atoms. The summed E-state index contributed by atoms with van der Waals surface area (Å²) in [6.07, 6.45) is 1.54. The molecule has 0 radical (unpaired) electrons. The predicted molar refractivity (Wildman–Crippen MR) is 65.5 cm³/mol. The van der Waals surface area contributed by atoms with Crippen LogP contribution in [0.4, 0.5) is 4.39 Å². The van der Waals surface area contributed by atoms with Gasteiger partial charge >= 0.3 is 5.97 Å². The summed E-state index contributed by atoms with van der Waals surface area (Å²) in [4.78, 5) is 10.7. The van der Waals surface area contributed by atoms with Crippen LogP contribution in [0.25, 0.3) is 0 Å². The molecule has 0 amide bonds. The van der Waals surface area contributed by atoms with Crippen LogP contribution in [0.3, 0.4) is 0 Å². The van der Waals surface area contributed by atoms with Gasteiger partial charge in [-0.25, -0.2) is 17.6 Å². The van der Waals surface area contributed by atoms with Gasteiger partial charge in [-0.15, -0.1) is 0 Å². The summed E-state index contributed by atoms with van der Waals surface area (Å²) < 4.78 is 38.4. The fourth-order valence-corrected chi connectivity index (χ4v) is 3.20. The van der Waals surface area contributed by atoms with E-state index in [1.165, 1.54) is 22.5 Å². The van der Waals surface area contributed by atoms with Gasteiger partial charge in [0.25, 0.3) is 0 Å². The standard InChI is InChI=1S/C12H12FNO4S/c13-10-1-3-11(4-2-10)19(17,18)14-7-5-9(6-8-14)12(15)16/h1-5H,6-8H2,(H,15,16). The van der Waals surface area contributed by atoms with Gasteiger partial charge in [0.05, 0.1) is 4.90 Å². The topological polar surface area (TPSA) is 74.7 Å². The van der Waals surface area contributed by atoms with E-state index in [1.807, 2.05) is 0 Å². The normalized spacial score (nSPS) is 17.0. The molecular formula is C12H12FNO4S. The number of hydrogen-bond acceptors (Lipinski definition) is 3. The van der Waals surface area contributed by atoms with E-state index in [-0.39, 0.29) is 30.0 Å². The molecule has 19 heavy (non-hydrogen) atoms. The molecule has 0 bridgehead atoms. The highest BCUT2D eigenvalue weighted by atomic mass is 32.2. The van der Waals surface area contributed by atoms with Gasteiger partial charge in [-0.05, 0) is 30.7 Å². The van der Waals surface area contributed by atoms with E-state index in [4.69, 9.17) is 5.11 Å². The molecule has 1 aromatic carbocycles.